The molecule has 3 rings (SSSR count). The molecule has 2 aromatic rings. The van der Waals surface area contributed by atoms with Crippen LogP contribution in [0.4, 0.5) is 0 Å². The topological polar surface area (TPSA) is 75.4 Å². The van der Waals surface area contributed by atoms with Crippen molar-refractivity contribution in [2.75, 3.05) is 19.6 Å². The zero-order valence-electron chi connectivity index (χ0n) is 15.5. The fourth-order valence-corrected chi connectivity index (χ4v) is 3.51. The van der Waals surface area contributed by atoms with Gasteiger partial charge in [0.25, 0.3) is 5.91 Å². The lowest BCUT2D eigenvalue weighted by molar-refractivity contribution is -0.130. The van der Waals surface area contributed by atoms with Crippen LogP contribution in [-0.4, -0.2) is 42.4 Å². The van der Waals surface area contributed by atoms with Gasteiger partial charge in [-0.05, 0) is 36.2 Å². The number of carbonyl (C=O) groups is 2. The lowest BCUT2D eigenvalue weighted by Gasteiger charge is -2.16. The summed E-state index contributed by atoms with van der Waals surface area (Å²) in [6, 6.07) is 16.8. The highest BCUT2D eigenvalue weighted by molar-refractivity contribution is 6.30. The first kappa shape index (κ1) is 22.2. The maximum absolute atomic E-state index is 12.5. The first-order chi connectivity index (χ1) is 13.0. The summed E-state index contributed by atoms with van der Waals surface area (Å²) < 4.78 is 0. The van der Waals surface area contributed by atoms with Crippen molar-refractivity contribution in [3.63, 3.8) is 0 Å². The van der Waals surface area contributed by atoms with Gasteiger partial charge in [-0.3, -0.25) is 9.59 Å². The predicted octanol–water partition coefficient (Wildman–Crippen LogP) is 3.23. The molecule has 1 fully saturated rings. The van der Waals surface area contributed by atoms with E-state index in [9.17, 15) is 9.59 Å². The Morgan fingerprint density at radius 1 is 1.07 bits per heavy atom. The highest BCUT2D eigenvalue weighted by Crippen LogP contribution is 2.26. The normalized spacial score (nSPS) is 18.4. The van der Waals surface area contributed by atoms with Crippen molar-refractivity contribution in [1.29, 1.82) is 0 Å². The summed E-state index contributed by atoms with van der Waals surface area (Å²) in [5, 5.41) is 3.42. The van der Waals surface area contributed by atoms with Gasteiger partial charge in [0.2, 0.25) is 5.91 Å². The van der Waals surface area contributed by atoms with Crippen molar-refractivity contribution in [2.24, 2.45) is 5.73 Å². The molecule has 2 amide bonds. The van der Waals surface area contributed by atoms with E-state index in [0.717, 1.165) is 0 Å². The van der Waals surface area contributed by atoms with Crippen LogP contribution in [0.25, 0.3) is 0 Å². The Bertz CT molecular complexity index is 784. The number of nitrogens with one attached hydrogen (secondary N) is 1. The molecule has 0 bridgehead atoms. The molecule has 150 valence electrons. The maximum Gasteiger partial charge on any atom is 0.251 e. The van der Waals surface area contributed by atoms with E-state index >= 15 is 0 Å². The summed E-state index contributed by atoms with van der Waals surface area (Å²) in [6.45, 7) is 1.69. The van der Waals surface area contributed by atoms with Gasteiger partial charge in [0, 0.05) is 48.6 Å². The van der Waals surface area contributed by atoms with Crippen molar-refractivity contribution >= 4 is 35.8 Å². The molecule has 0 spiro atoms. The van der Waals surface area contributed by atoms with E-state index in [4.69, 9.17) is 17.3 Å². The second-order valence-corrected chi connectivity index (χ2v) is 7.28. The van der Waals surface area contributed by atoms with Gasteiger partial charge in [-0.2, -0.15) is 0 Å². The molecule has 0 aliphatic carbocycles. The number of likely N-dealkylation sites (tertiary alicyclic amines) is 1. The third-order valence-corrected chi connectivity index (χ3v) is 5.16. The number of nitrogens with two attached hydrogens (primary N) is 1. The van der Waals surface area contributed by atoms with Gasteiger partial charge in [-0.15, -0.1) is 12.4 Å². The zero-order valence-corrected chi connectivity index (χ0v) is 17.1. The van der Waals surface area contributed by atoms with E-state index in [0.29, 0.717) is 43.1 Å². The Balaban J connectivity index is 0.00000280. The Labute approximate surface area is 176 Å². The highest BCUT2D eigenvalue weighted by Gasteiger charge is 2.33. The van der Waals surface area contributed by atoms with Gasteiger partial charge in [0.1, 0.15) is 0 Å². The molecule has 0 radical (unpaired) electrons. The summed E-state index contributed by atoms with van der Waals surface area (Å²) >= 11 is 5.82. The number of carbonyl (C=O) groups excluding carboxylic acids is 2. The van der Waals surface area contributed by atoms with Crippen LogP contribution in [0.3, 0.4) is 0 Å². The molecular formula is C21H25Cl2N3O2. The molecule has 0 aromatic heterocycles. The van der Waals surface area contributed by atoms with E-state index in [-0.39, 0.29) is 36.2 Å². The molecule has 5 nitrogen and oxygen atoms in total. The Morgan fingerprint density at radius 3 is 2.43 bits per heavy atom. The van der Waals surface area contributed by atoms with Gasteiger partial charge in [0.05, 0.1) is 0 Å². The molecule has 1 aliphatic heterocycles. The third kappa shape index (κ3) is 5.71. The smallest absolute Gasteiger partial charge is 0.251 e. The molecule has 0 unspecified atom stereocenters. The van der Waals surface area contributed by atoms with E-state index in [1.54, 1.807) is 24.3 Å². The van der Waals surface area contributed by atoms with Crippen LogP contribution in [0.15, 0.2) is 54.6 Å². The number of benzene rings is 2. The van der Waals surface area contributed by atoms with Crippen molar-refractivity contribution in [1.82, 2.24) is 10.2 Å². The van der Waals surface area contributed by atoms with Crippen LogP contribution >= 0.6 is 24.0 Å². The molecule has 7 heteroatoms. The molecule has 3 N–H and O–H groups in total. The molecule has 2 aromatic carbocycles. The van der Waals surface area contributed by atoms with Crippen LogP contribution in [0.5, 0.6) is 0 Å². The van der Waals surface area contributed by atoms with Crippen LogP contribution < -0.4 is 11.1 Å². The quantitative estimate of drug-likeness (QED) is 0.702. The number of hydrogen-bond donors (Lipinski definition) is 2. The number of halogens is 2. The van der Waals surface area contributed by atoms with Crippen LogP contribution in [0, 0.1) is 0 Å². The average molecular weight is 422 g/mol. The minimum Gasteiger partial charge on any atom is -0.352 e. The summed E-state index contributed by atoms with van der Waals surface area (Å²) in [4.78, 5) is 26.3. The van der Waals surface area contributed by atoms with Gasteiger partial charge in [0.15, 0.2) is 0 Å². The molecule has 1 aliphatic rings. The Hall–Kier alpha value is -2.08. The second-order valence-electron chi connectivity index (χ2n) is 6.85. The van der Waals surface area contributed by atoms with Crippen molar-refractivity contribution in [3.05, 3.63) is 70.7 Å². The SMILES string of the molecule is Cl.N[C@@H]1CN(C(=O)CCCNC(=O)c2ccc(Cl)cc2)C[C@H]1c1ccccc1. The molecule has 0 saturated carbocycles. The fourth-order valence-electron chi connectivity index (χ4n) is 3.39. The van der Waals surface area contributed by atoms with Gasteiger partial charge in [-0.1, -0.05) is 41.9 Å². The van der Waals surface area contributed by atoms with Gasteiger partial charge >= 0.3 is 0 Å². The van der Waals surface area contributed by atoms with Crippen molar-refractivity contribution < 1.29 is 9.59 Å². The van der Waals surface area contributed by atoms with E-state index in [1.165, 1.54) is 5.56 Å². The number of rotatable bonds is 6. The molecule has 2 atom stereocenters. The van der Waals surface area contributed by atoms with Crippen LogP contribution in [0.1, 0.15) is 34.7 Å². The lowest BCUT2D eigenvalue weighted by Crippen LogP contribution is -2.32. The summed E-state index contributed by atoms with van der Waals surface area (Å²) in [6.07, 6.45) is 0.995. The van der Waals surface area contributed by atoms with E-state index < -0.39 is 0 Å². The summed E-state index contributed by atoms with van der Waals surface area (Å²) in [5.41, 5.74) is 7.98. The lowest BCUT2D eigenvalue weighted by atomic mass is 9.95. The third-order valence-electron chi connectivity index (χ3n) is 4.90. The molecular weight excluding hydrogens is 397 g/mol. The first-order valence-electron chi connectivity index (χ1n) is 9.16. The Morgan fingerprint density at radius 2 is 1.75 bits per heavy atom. The highest BCUT2D eigenvalue weighted by atomic mass is 35.5. The maximum atomic E-state index is 12.5. The standard InChI is InChI=1S/C21H24ClN3O2.ClH/c22-17-10-8-16(9-11-17)21(27)24-12-4-7-20(26)25-13-18(19(23)14-25)15-5-2-1-3-6-15;/h1-3,5-6,8-11,18-19H,4,7,12-14,23H2,(H,24,27);1H/t18-,19+;/m0./s1. The number of amides is 2. The van der Waals surface area contributed by atoms with Crippen molar-refractivity contribution in [2.45, 2.75) is 24.8 Å². The van der Waals surface area contributed by atoms with Crippen LogP contribution in [0.2, 0.25) is 5.02 Å². The first-order valence-corrected chi connectivity index (χ1v) is 9.54. The van der Waals surface area contributed by atoms with E-state index in [1.807, 2.05) is 23.1 Å². The summed E-state index contributed by atoms with van der Waals surface area (Å²) in [5.74, 6) is 0.107. The average Bonchev–Trinajstić information content (AvgIpc) is 3.08. The molecule has 1 saturated heterocycles. The van der Waals surface area contributed by atoms with Gasteiger partial charge in [-0.25, -0.2) is 0 Å². The Kier molecular flexibility index (Phi) is 8.30. The second kappa shape index (κ2) is 10.5. The minimum atomic E-state index is -0.161. The zero-order chi connectivity index (χ0) is 19.2. The van der Waals surface area contributed by atoms with Crippen LogP contribution in [-0.2, 0) is 4.79 Å². The van der Waals surface area contributed by atoms with Crippen molar-refractivity contribution in [3.8, 4) is 0 Å². The largest absolute Gasteiger partial charge is 0.352 e. The molecule has 1 heterocycles. The van der Waals surface area contributed by atoms with Gasteiger partial charge < -0.3 is 16.0 Å². The monoisotopic (exact) mass is 421 g/mol. The fraction of sp³-hybridized carbons (Fsp3) is 0.333. The number of nitrogens with zero attached hydrogens (tertiary/aromatic N) is 1. The van der Waals surface area contributed by atoms with E-state index in [2.05, 4.69) is 17.4 Å². The molecule has 28 heavy (non-hydrogen) atoms. The number of hydrogen-bond acceptors (Lipinski definition) is 3. The summed E-state index contributed by atoms with van der Waals surface area (Å²) in [7, 11) is 0. The minimum absolute atomic E-state index is 0. The predicted molar refractivity (Wildman–Crippen MR) is 114 cm³/mol.